The molecule has 1 aliphatic heterocycles. The van der Waals surface area contributed by atoms with Crippen molar-refractivity contribution in [3.63, 3.8) is 0 Å². The number of thioether (sulfide) groups is 1. The Bertz CT molecular complexity index is 976. The topological polar surface area (TPSA) is 42.4 Å². The zero-order valence-corrected chi connectivity index (χ0v) is 16.2. The standard InChI is InChI=1S/C17H12Cl2N2O2S2/c1-23-10-3-5-13-14(7-10)25-17(20-13)21-15(22)8-24-16(21)9-2-4-11(18)12(19)6-9/h2-7,16H,8H2,1H3/t16-/m1/s1. The highest BCUT2D eigenvalue weighted by molar-refractivity contribution is 8.00. The van der Waals surface area contributed by atoms with Gasteiger partial charge in [0.15, 0.2) is 5.13 Å². The molecule has 1 atom stereocenters. The van der Waals surface area contributed by atoms with Crippen molar-refractivity contribution in [2.24, 2.45) is 0 Å². The molecule has 2 aromatic carbocycles. The summed E-state index contributed by atoms with van der Waals surface area (Å²) in [5.41, 5.74) is 1.78. The number of hydrogen-bond donors (Lipinski definition) is 0. The number of methoxy groups -OCH3 is 1. The van der Waals surface area contributed by atoms with Crippen LogP contribution in [0.25, 0.3) is 10.2 Å². The SMILES string of the molecule is COc1ccc2nc(N3C(=O)CS[C@@H]3c3ccc(Cl)c(Cl)c3)sc2c1. The van der Waals surface area contributed by atoms with Crippen LogP contribution in [0.5, 0.6) is 5.75 Å². The lowest BCUT2D eigenvalue weighted by atomic mass is 10.2. The fraction of sp³-hybridized carbons (Fsp3) is 0.176. The van der Waals surface area contributed by atoms with Crippen molar-refractivity contribution in [1.29, 1.82) is 0 Å². The molecule has 128 valence electrons. The van der Waals surface area contributed by atoms with Gasteiger partial charge in [-0.15, -0.1) is 11.8 Å². The quantitative estimate of drug-likeness (QED) is 0.580. The molecule has 1 amide bonds. The Labute approximate surface area is 162 Å². The lowest BCUT2D eigenvalue weighted by Crippen LogP contribution is -2.27. The van der Waals surface area contributed by atoms with Gasteiger partial charge in [0.2, 0.25) is 5.91 Å². The number of hydrogen-bond acceptors (Lipinski definition) is 5. The Morgan fingerprint density at radius 2 is 2.04 bits per heavy atom. The number of nitrogens with zero attached hydrogens (tertiary/aromatic N) is 2. The van der Waals surface area contributed by atoms with Crippen molar-refractivity contribution < 1.29 is 9.53 Å². The fourth-order valence-corrected chi connectivity index (χ4v) is 5.22. The number of thiazole rings is 1. The molecule has 25 heavy (non-hydrogen) atoms. The zero-order valence-electron chi connectivity index (χ0n) is 13.0. The number of benzene rings is 2. The van der Waals surface area contributed by atoms with Crippen molar-refractivity contribution in [2.75, 3.05) is 17.8 Å². The lowest BCUT2D eigenvalue weighted by molar-refractivity contribution is -0.115. The zero-order chi connectivity index (χ0) is 17.6. The van der Waals surface area contributed by atoms with Crippen LogP contribution in [0.3, 0.4) is 0 Å². The molecule has 0 bridgehead atoms. The molecule has 4 nitrogen and oxygen atoms in total. The van der Waals surface area contributed by atoms with E-state index in [-0.39, 0.29) is 11.3 Å². The van der Waals surface area contributed by atoms with Gasteiger partial charge in [-0.05, 0) is 35.9 Å². The maximum atomic E-state index is 12.5. The Morgan fingerprint density at radius 1 is 1.20 bits per heavy atom. The van der Waals surface area contributed by atoms with E-state index in [0.717, 1.165) is 21.5 Å². The van der Waals surface area contributed by atoms with Crippen LogP contribution in [0.4, 0.5) is 5.13 Å². The number of ether oxygens (including phenoxy) is 1. The summed E-state index contributed by atoms with van der Waals surface area (Å²) in [6, 6.07) is 11.2. The maximum absolute atomic E-state index is 12.5. The molecule has 0 aliphatic carbocycles. The van der Waals surface area contributed by atoms with Crippen molar-refractivity contribution >= 4 is 67.6 Å². The minimum atomic E-state index is -0.162. The molecule has 1 aromatic heterocycles. The molecule has 2 heterocycles. The van der Waals surface area contributed by atoms with E-state index in [0.29, 0.717) is 20.9 Å². The Kier molecular flexibility index (Phi) is 4.54. The second-order valence-corrected chi connectivity index (χ2v) is 8.32. The Morgan fingerprint density at radius 3 is 2.80 bits per heavy atom. The fourth-order valence-electron chi connectivity index (χ4n) is 2.67. The van der Waals surface area contributed by atoms with Crippen molar-refractivity contribution in [1.82, 2.24) is 4.98 Å². The summed E-state index contributed by atoms with van der Waals surface area (Å²) < 4.78 is 6.24. The van der Waals surface area contributed by atoms with Gasteiger partial charge >= 0.3 is 0 Å². The number of amides is 1. The van der Waals surface area contributed by atoms with Crippen LogP contribution in [0.1, 0.15) is 10.9 Å². The minimum Gasteiger partial charge on any atom is -0.497 e. The van der Waals surface area contributed by atoms with E-state index in [1.54, 1.807) is 29.8 Å². The summed E-state index contributed by atoms with van der Waals surface area (Å²) >= 11 is 15.2. The summed E-state index contributed by atoms with van der Waals surface area (Å²) in [5.74, 6) is 1.21. The average molecular weight is 411 g/mol. The van der Waals surface area contributed by atoms with Crippen LogP contribution in [0, 0.1) is 0 Å². The third kappa shape index (κ3) is 3.08. The first-order valence-corrected chi connectivity index (χ1v) is 10.0. The van der Waals surface area contributed by atoms with Gasteiger partial charge in [0.05, 0.1) is 33.1 Å². The molecular formula is C17H12Cl2N2O2S2. The molecule has 0 spiro atoms. The van der Waals surface area contributed by atoms with E-state index >= 15 is 0 Å². The number of fused-ring (bicyclic) bond motifs is 1. The van der Waals surface area contributed by atoms with Gasteiger partial charge in [0.25, 0.3) is 0 Å². The van der Waals surface area contributed by atoms with E-state index in [4.69, 9.17) is 27.9 Å². The van der Waals surface area contributed by atoms with Crippen LogP contribution in [-0.2, 0) is 4.79 Å². The molecule has 0 saturated carbocycles. The molecular weight excluding hydrogens is 399 g/mol. The van der Waals surface area contributed by atoms with Crippen molar-refractivity contribution in [3.8, 4) is 5.75 Å². The third-order valence-electron chi connectivity index (χ3n) is 3.89. The first-order valence-electron chi connectivity index (χ1n) is 7.40. The predicted molar refractivity (Wildman–Crippen MR) is 105 cm³/mol. The second-order valence-electron chi connectivity index (χ2n) is 5.43. The summed E-state index contributed by atoms with van der Waals surface area (Å²) in [7, 11) is 1.63. The molecule has 1 aliphatic rings. The maximum Gasteiger partial charge on any atom is 0.240 e. The predicted octanol–water partition coefficient (Wildman–Crippen LogP) is 5.39. The molecule has 4 rings (SSSR count). The highest BCUT2D eigenvalue weighted by atomic mass is 35.5. The second kappa shape index (κ2) is 6.68. The number of anilines is 1. The molecule has 8 heteroatoms. The van der Waals surface area contributed by atoms with Crippen LogP contribution in [0.15, 0.2) is 36.4 Å². The monoisotopic (exact) mass is 410 g/mol. The van der Waals surface area contributed by atoms with E-state index in [2.05, 4.69) is 4.98 Å². The molecule has 1 saturated heterocycles. The average Bonchev–Trinajstić information content (AvgIpc) is 3.19. The highest BCUT2D eigenvalue weighted by Gasteiger charge is 2.36. The number of rotatable bonds is 3. The number of halogens is 2. The summed E-state index contributed by atoms with van der Waals surface area (Å²) in [4.78, 5) is 18.9. The summed E-state index contributed by atoms with van der Waals surface area (Å²) in [6.07, 6.45) is 0. The normalized spacial score (nSPS) is 17.5. The number of carbonyl (C=O) groups is 1. The number of aromatic nitrogens is 1. The lowest BCUT2D eigenvalue weighted by Gasteiger charge is -2.21. The Hall–Kier alpha value is -1.47. The van der Waals surface area contributed by atoms with Crippen LogP contribution in [0.2, 0.25) is 10.0 Å². The molecule has 1 fully saturated rings. The van der Waals surface area contributed by atoms with Gasteiger partial charge in [0, 0.05) is 0 Å². The highest BCUT2D eigenvalue weighted by Crippen LogP contribution is 2.45. The first kappa shape index (κ1) is 17.0. The minimum absolute atomic E-state index is 0.0343. The first-order chi connectivity index (χ1) is 12.1. The van der Waals surface area contributed by atoms with E-state index < -0.39 is 0 Å². The molecule has 3 aromatic rings. The summed E-state index contributed by atoms with van der Waals surface area (Å²) in [5, 5.41) is 1.49. The largest absolute Gasteiger partial charge is 0.497 e. The third-order valence-corrected chi connectivity index (χ3v) is 6.86. The summed E-state index contributed by atoms with van der Waals surface area (Å²) in [6.45, 7) is 0. The smallest absolute Gasteiger partial charge is 0.240 e. The van der Waals surface area contributed by atoms with Crippen molar-refractivity contribution in [2.45, 2.75) is 5.37 Å². The van der Waals surface area contributed by atoms with E-state index in [1.165, 1.54) is 11.3 Å². The van der Waals surface area contributed by atoms with Gasteiger partial charge in [-0.1, -0.05) is 40.6 Å². The number of carbonyl (C=O) groups excluding carboxylic acids is 1. The van der Waals surface area contributed by atoms with Crippen LogP contribution in [-0.4, -0.2) is 23.8 Å². The molecule has 0 N–H and O–H groups in total. The van der Waals surface area contributed by atoms with E-state index in [9.17, 15) is 4.79 Å². The van der Waals surface area contributed by atoms with Crippen LogP contribution < -0.4 is 9.64 Å². The van der Waals surface area contributed by atoms with Gasteiger partial charge in [-0.3, -0.25) is 9.69 Å². The van der Waals surface area contributed by atoms with Crippen LogP contribution >= 0.6 is 46.3 Å². The Balaban J connectivity index is 1.75. The van der Waals surface area contributed by atoms with Gasteiger partial charge in [-0.2, -0.15) is 0 Å². The molecule has 0 unspecified atom stereocenters. The van der Waals surface area contributed by atoms with Gasteiger partial charge in [-0.25, -0.2) is 4.98 Å². The van der Waals surface area contributed by atoms with E-state index in [1.807, 2.05) is 30.3 Å². The van der Waals surface area contributed by atoms with Crippen molar-refractivity contribution in [3.05, 3.63) is 52.0 Å². The molecule has 0 radical (unpaired) electrons. The van der Waals surface area contributed by atoms with Gasteiger partial charge in [0.1, 0.15) is 11.1 Å². The van der Waals surface area contributed by atoms with Gasteiger partial charge < -0.3 is 4.74 Å².